The van der Waals surface area contributed by atoms with Gasteiger partial charge in [0.05, 0.1) is 0 Å². The van der Waals surface area contributed by atoms with Crippen molar-refractivity contribution < 1.29 is 4.79 Å². The van der Waals surface area contributed by atoms with Gasteiger partial charge in [-0.25, -0.2) is 0 Å². The van der Waals surface area contributed by atoms with Gasteiger partial charge in [0.15, 0.2) is 0 Å². The molecule has 0 aromatic heterocycles. The lowest BCUT2D eigenvalue weighted by Crippen LogP contribution is -2.21. The second-order valence-corrected chi connectivity index (χ2v) is 3.91. The van der Waals surface area contributed by atoms with E-state index >= 15 is 0 Å². The lowest BCUT2D eigenvalue weighted by Gasteiger charge is -2.16. The third-order valence-corrected chi connectivity index (χ3v) is 2.57. The molecular weight excluding hydrogens is 160 g/mol. The molecule has 1 aliphatic rings. The number of hydrogen-bond donors (Lipinski definition) is 0. The van der Waals surface area contributed by atoms with Crippen LogP contribution < -0.4 is 0 Å². The van der Waals surface area contributed by atoms with Crippen LogP contribution in [-0.2, 0) is 4.79 Å². The summed E-state index contributed by atoms with van der Waals surface area (Å²) in [6.45, 7) is 4.22. The highest BCUT2D eigenvalue weighted by atomic mass is 16.1. The van der Waals surface area contributed by atoms with Crippen molar-refractivity contribution in [2.24, 2.45) is 5.41 Å². The maximum absolute atomic E-state index is 10.9. The van der Waals surface area contributed by atoms with E-state index in [1.54, 1.807) is 0 Å². The molecule has 0 aromatic rings. The van der Waals surface area contributed by atoms with E-state index in [9.17, 15) is 4.79 Å². The standard InChI is InChI=1S/C12H17O/c1-3-4-7-12(10-13)8-5-6-11(2)9-12/h5-6,8H,3-4,7,9H2,1-2H3/q+1. The topological polar surface area (TPSA) is 17.1 Å². The third-order valence-electron chi connectivity index (χ3n) is 2.57. The molecule has 0 saturated heterocycles. The first-order valence-corrected chi connectivity index (χ1v) is 4.97. The molecule has 0 radical (unpaired) electrons. The maximum atomic E-state index is 10.9. The lowest BCUT2D eigenvalue weighted by atomic mass is 9.76. The van der Waals surface area contributed by atoms with E-state index in [0.717, 1.165) is 25.7 Å². The minimum absolute atomic E-state index is 0.311. The van der Waals surface area contributed by atoms with Crippen LogP contribution in [0.15, 0.2) is 23.8 Å². The van der Waals surface area contributed by atoms with E-state index < -0.39 is 0 Å². The summed E-state index contributed by atoms with van der Waals surface area (Å²) >= 11 is 0. The predicted octanol–water partition coefficient (Wildman–Crippen LogP) is 3.18. The van der Waals surface area contributed by atoms with Crippen LogP contribution in [0.4, 0.5) is 0 Å². The van der Waals surface area contributed by atoms with Gasteiger partial charge in [0, 0.05) is 17.6 Å². The fraction of sp³-hybridized carbons (Fsp3) is 0.583. The maximum Gasteiger partial charge on any atom is 0.517 e. The molecule has 70 valence electrons. The Hall–Kier alpha value is -0.940. The van der Waals surface area contributed by atoms with Crippen LogP contribution in [0.1, 0.15) is 39.5 Å². The SMILES string of the molecule is CCCCC1([C+]=O)C=CC=C(C)C1. The molecule has 1 heteroatoms. The van der Waals surface area contributed by atoms with Crippen molar-refractivity contribution in [2.45, 2.75) is 39.5 Å². The molecule has 1 nitrogen and oxygen atoms in total. The number of allylic oxidation sites excluding steroid dienone is 4. The quantitative estimate of drug-likeness (QED) is 0.603. The van der Waals surface area contributed by atoms with Crippen LogP contribution in [0.3, 0.4) is 0 Å². The van der Waals surface area contributed by atoms with Gasteiger partial charge in [-0.05, 0) is 19.4 Å². The van der Waals surface area contributed by atoms with Crippen molar-refractivity contribution in [1.82, 2.24) is 0 Å². The van der Waals surface area contributed by atoms with E-state index in [2.05, 4.69) is 26.2 Å². The van der Waals surface area contributed by atoms with Crippen molar-refractivity contribution in [1.29, 1.82) is 0 Å². The highest BCUT2D eigenvalue weighted by molar-refractivity contribution is 5.65. The summed E-state index contributed by atoms with van der Waals surface area (Å²) in [6.07, 6.45) is 12.3. The summed E-state index contributed by atoms with van der Waals surface area (Å²) < 4.78 is 0. The molecule has 1 unspecified atom stereocenters. The fourth-order valence-electron chi connectivity index (χ4n) is 1.80. The Morgan fingerprint density at radius 3 is 2.92 bits per heavy atom. The van der Waals surface area contributed by atoms with Crippen LogP contribution >= 0.6 is 0 Å². The zero-order valence-corrected chi connectivity index (χ0v) is 8.47. The van der Waals surface area contributed by atoms with Gasteiger partial charge in [-0.15, -0.1) is 0 Å². The Balaban J connectivity index is 2.66. The molecule has 0 saturated carbocycles. The van der Waals surface area contributed by atoms with E-state index in [-0.39, 0.29) is 5.41 Å². The first-order valence-electron chi connectivity index (χ1n) is 4.97. The monoisotopic (exact) mass is 177 g/mol. The average Bonchev–Trinajstić information content (AvgIpc) is 2.15. The van der Waals surface area contributed by atoms with Gasteiger partial charge in [0.25, 0.3) is 5.41 Å². The van der Waals surface area contributed by atoms with E-state index in [4.69, 9.17) is 0 Å². The van der Waals surface area contributed by atoms with Gasteiger partial charge < -0.3 is 0 Å². The van der Waals surface area contributed by atoms with Crippen molar-refractivity contribution in [3.05, 3.63) is 23.8 Å². The Morgan fingerprint density at radius 2 is 2.38 bits per heavy atom. The smallest absolute Gasteiger partial charge is 0.0674 e. The Labute approximate surface area is 80.5 Å². The van der Waals surface area contributed by atoms with Crippen molar-refractivity contribution in [2.75, 3.05) is 0 Å². The number of carbonyl (C=O) groups excluding carboxylic acids is 1. The Bertz CT molecular complexity index is 238. The lowest BCUT2D eigenvalue weighted by molar-refractivity contribution is 0.414. The van der Waals surface area contributed by atoms with Gasteiger partial charge in [0.2, 0.25) is 0 Å². The predicted molar refractivity (Wildman–Crippen MR) is 55.2 cm³/mol. The first-order chi connectivity index (χ1) is 6.22. The highest BCUT2D eigenvalue weighted by Gasteiger charge is 2.42. The molecule has 1 rings (SSSR count). The molecule has 0 N–H and O–H groups in total. The van der Waals surface area contributed by atoms with Crippen LogP contribution in [-0.4, -0.2) is 6.29 Å². The fourth-order valence-corrected chi connectivity index (χ4v) is 1.80. The molecule has 0 spiro atoms. The highest BCUT2D eigenvalue weighted by Crippen LogP contribution is 2.34. The second kappa shape index (κ2) is 4.34. The van der Waals surface area contributed by atoms with Crippen LogP contribution in [0.5, 0.6) is 0 Å². The molecule has 0 aromatic carbocycles. The van der Waals surface area contributed by atoms with Crippen molar-refractivity contribution in [3.8, 4) is 0 Å². The number of rotatable bonds is 4. The summed E-state index contributed by atoms with van der Waals surface area (Å²) in [5, 5.41) is 0. The van der Waals surface area contributed by atoms with Crippen LogP contribution in [0.2, 0.25) is 0 Å². The summed E-state index contributed by atoms with van der Waals surface area (Å²) in [5.74, 6) is 0. The average molecular weight is 177 g/mol. The second-order valence-electron chi connectivity index (χ2n) is 3.91. The summed E-state index contributed by atoms with van der Waals surface area (Å²) in [6, 6.07) is 0. The molecular formula is C12H17O+. The van der Waals surface area contributed by atoms with E-state index in [1.807, 2.05) is 12.2 Å². The zero-order valence-electron chi connectivity index (χ0n) is 8.47. The Kier molecular flexibility index (Phi) is 3.39. The molecule has 0 fully saturated rings. The molecule has 0 aliphatic heterocycles. The zero-order chi connectivity index (χ0) is 9.73. The molecule has 0 heterocycles. The number of unbranched alkanes of at least 4 members (excludes halogenated alkanes) is 1. The van der Waals surface area contributed by atoms with Gasteiger partial charge in [-0.2, -0.15) is 0 Å². The van der Waals surface area contributed by atoms with Gasteiger partial charge in [0.1, 0.15) is 0 Å². The van der Waals surface area contributed by atoms with Crippen molar-refractivity contribution >= 4 is 6.29 Å². The van der Waals surface area contributed by atoms with Gasteiger partial charge in [-0.1, -0.05) is 31.1 Å². The normalized spacial score (nSPS) is 26.8. The molecule has 1 atom stereocenters. The van der Waals surface area contributed by atoms with Crippen molar-refractivity contribution in [3.63, 3.8) is 0 Å². The third kappa shape index (κ3) is 2.50. The van der Waals surface area contributed by atoms with Crippen LogP contribution in [0, 0.1) is 5.41 Å². The van der Waals surface area contributed by atoms with Gasteiger partial charge >= 0.3 is 6.29 Å². The summed E-state index contributed by atoms with van der Waals surface area (Å²) in [4.78, 5) is 10.9. The van der Waals surface area contributed by atoms with E-state index in [1.165, 1.54) is 5.57 Å². The molecule has 0 bridgehead atoms. The molecule has 13 heavy (non-hydrogen) atoms. The summed E-state index contributed by atoms with van der Waals surface area (Å²) in [7, 11) is 0. The first kappa shape index (κ1) is 10.1. The largest absolute Gasteiger partial charge is 0.517 e. The number of hydrogen-bond acceptors (Lipinski definition) is 1. The minimum atomic E-state index is -0.311. The molecule has 0 amide bonds. The Morgan fingerprint density at radius 1 is 1.62 bits per heavy atom. The minimum Gasteiger partial charge on any atom is -0.0674 e. The van der Waals surface area contributed by atoms with Gasteiger partial charge in [-0.3, -0.25) is 0 Å². The summed E-state index contributed by atoms with van der Waals surface area (Å²) in [5.41, 5.74) is 0.969. The van der Waals surface area contributed by atoms with E-state index in [0.29, 0.717) is 0 Å². The molecule has 1 aliphatic carbocycles. The van der Waals surface area contributed by atoms with Crippen LogP contribution in [0.25, 0.3) is 0 Å².